The van der Waals surface area contributed by atoms with E-state index >= 15 is 0 Å². The van der Waals surface area contributed by atoms with Crippen molar-refractivity contribution in [2.75, 3.05) is 19.8 Å². The first-order valence-electron chi connectivity index (χ1n) is 9.93. The van der Waals surface area contributed by atoms with E-state index in [9.17, 15) is 9.59 Å². The normalized spacial score (nSPS) is 10.4. The molecule has 0 saturated heterocycles. The Morgan fingerprint density at radius 2 is 1.40 bits per heavy atom. The summed E-state index contributed by atoms with van der Waals surface area (Å²) in [5, 5.41) is 2.80. The van der Waals surface area contributed by atoms with Crippen LogP contribution in [0, 0.1) is 0 Å². The summed E-state index contributed by atoms with van der Waals surface area (Å²) < 4.78 is 11.1. The number of carbonyl (C=O) groups is 2. The van der Waals surface area contributed by atoms with Crippen molar-refractivity contribution in [1.82, 2.24) is 5.32 Å². The summed E-state index contributed by atoms with van der Waals surface area (Å²) in [6.45, 7) is 1.60. The van der Waals surface area contributed by atoms with E-state index in [0.717, 1.165) is 12.0 Å². The van der Waals surface area contributed by atoms with Gasteiger partial charge in [-0.3, -0.25) is 9.59 Å². The minimum Gasteiger partial charge on any atom is -0.484 e. The molecule has 1 N–H and O–H groups in total. The molecular formula is C25H25NO4. The van der Waals surface area contributed by atoms with Crippen LogP contribution in [0.15, 0.2) is 84.9 Å². The average Bonchev–Trinajstić information content (AvgIpc) is 2.81. The highest BCUT2D eigenvalue weighted by atomic mass is 16.5. The third-order valence-electron chi connectivity index (χ3n) is 4.42. The summed E-state index contributed by atoms with van der Waals surface area (Å²) >= 11 is 0. The van der Waals surface area contributed by atoms with Gasteiger partial charge in [0.25, 0.3) is 5.91 Å². The Hall–Kier alpha value is -3.44. The molecule has 0 radical (unpaired) electrons. The van der Waals surface area contributed by atoms with Crippen LogP contribution in [0.2, 0.25) is 0 Å². The van der Waals surface area contributed by atoms with Crippen LogP contribution in [-0.2, 0) is 16.1 Å². The predicted octanol–water partition coefficient (Wildman–Crippen LogP) is 4.02. The fraction of sp³-hybridized carbons (Fsp3) is 0.200. The molecule has 0 aromatic heterocycles. The minimum absolute atomic E-state index is 0.0469. The van der Waals surface area contributed by atoms with Crippen LogP contribution in [0.3, 0.4) is 0 Å². The molecule has 5 nitrogen and oxygen atoms in total. The fourth-order valence-corrected chi connectivity index (χ4v) is 2.82. The maximum atomic E-state index is 12.4. The van der Waals surface area contributed by atoms with Crippen LogP contribution < -0.4 is 10.1 Å². The number of hydrogen-bond acceptors (Lipinski definition) is 4. The number of rotatable bonds is 11. The molecule has 3 aromatic carbocycles. The van der Waals surface area contributed by atoms with E-state index in [0.29, 0.717) is 36.6 Å². The molecule has 0 aliphatic rings. The molecule has 0 atom stereocenters. The Labute approximate surface area is 176 Å². The van der Waals surface area contributed by atoms with E-state index in [2.05, 4.69) is 5.32 Å². The summed E-state index contributed by atoms with van der Waals surface area (Å²) in [5.74, 6) is 0.304. The van der Waals surface area contributed by atoms with Crippen LogP contribution >= 0.6 is 0 Å². The predicted molar refractivity (Wildman–Crippen MR) is 116 cm³/mol. The van der Waals surface area contributed by atoms with Crippen molar-refractivity contribution in [3.05, 3.63) is 102 Å². The number of ketones is 1. The van der Waals surface area contributed by atoms with Gasteiger partial charge in [-0.05, 0) is 36.2 Å². The first kappa shape index (κ1) is 21.3. The van der Waals surface area contributed by atoms with Crippen molar-refractivity contribution < 1.29 is 19.1 Å². The summed E-state index contributed by atoms with van der Waals surface area (Å²) in [5.41, 5.74) is 2.35. The van der Waals surface area contributed by atoms with Crippen molar-refractivity contribution in [2.24, 2.45) is 0 Å². The summed E-state index contributed by atoms with van der Waals surface area (Å²) in [7, 11) is 0. The van der Waals surface area contributed by atoms with Crippen LogP contribution in [0.1, 0.15) is 27.9 Å². The molecule has 0 aliphatic carbocycles. The lowest BCUT2D eigenvalue weighted by molar-refractivity contribution is -0.123. The Balaban J connectivity index is 1.31. The number of benzene rings is 3. The zero-order valence-corrected chi connectivity index (χ0v) is 16.8. The Kier molecular flexibility index (Phi) is 8.18. The Morgan fingerprint density at radius 3 is 2.10 bits per heavy atom. The molecule has 30 heavy (non-hydrogen) atoms. The minimum atomic E-state index is -0.192. The topological polar surface area (TPSA) is 64.6 Å². The van der Waals surface area contributed by atoms with E-state index in [-0.39, 0.29) is 18.3 Å². The van der Waals surface area contributed by atoms with Gasteiger partial charge >= 0.3 is 0 Å². The van der Waals surface area contributed by atoms with Crippen molar-refractivity contribution in [1.29, 1.82) is 0 Å². The largest absolute Gasteiger partial charge is 0.484 e. The lowest BCUT2D eigenvalue weighted by Crippen LogP contribution is -2.30. The quantitative estimate of drug-likeness (QED) is 0.388. The van der Waals surface area contributed by atoms with Gasteiger partial charge in [0.2, 0.25) is 0 Å². The van der Waals surface area contributed by atoms with Gasteiger partial charge in [0, 0.05) is 24.3 Å². The molecule has 0 bridgehead atoms. The molecule has 0 heterocycles. The molecule has 3 rings (SSSR count). The first-order valence-corrected chi connectivity index (χ1v) is 9.93. The molecular weight excluding hydrogens is 378 g/mol. The molecule has 5 heteroatoms. The highest BCUT2D eigenvalue weighted by Gasteiger charge is 2.09. The van der Waals surface area contributed by atoms with E-state index in [1.807, 2.05) is 48.5 Å². The molecule has 0 saturated carbocycles. The second-order valence-electron chi connectivity index (χ2n) is 6.75. The Morgan fingerprint density at radius 1 is 0.767 bits per heavy atom. The second-order valence-corrected chi connectivity index (χ2v) is 6.75. The van der Waals surface area contributed by atoms with Crippen LogP contribution in [0.25, 0.3) is 0 Å². The monoisotopic (exact) mass is 403 g/mol. The summed E-state index contributed by atoms with van der Waals surface area (Å²) in [6, 6.07) is 25.9. The van der Waals surface area contributed by atoms with Gasteiger partial charge in [-0.25, -0.2) is 0 Å². The van der Waals surface area contributed by atoms with Crippen LogP contribution in [-0.4, -0.2) is 31.4 Å². The molecule has 0 unspecified atom stereocenters. The third-order valence-corrected chi connectivity index (χ3v) is 4.42. The maximum Gasteiger partial charge on any atom is 0.257 e. The molecule has 154 valence electrons. The lowest BCUT2D eigenvalue weighted by Gasteiger charge is -2.09. The van der Waals surface area contributed by atoms with Gasteiger partial charge in [0.1, 0.15) is 5.75 Å². The number of carbonyl (C=O) groups excluding carboxylic acids is 2. The molecule has 0 fully saturated rings. The average molecular weight is 403 g/mol. The number of amides is 1. The van der Waals surface area contributed by atoms with Crippen LogP contribution in [0.4, 0.5) is 0 Å². The number of nitrogens with one attached hydrogen (secondary N) is 1. The maximum absolute atomic E-state index is 12.4. The number of hydrogen-bond donors (Lipinski definition) is 1. The molecule has 0 aliphatic heterocycles. The zero-order chi connectivity index (χ0) is 21.0. The fourth-order valence-electron chi connectivity index (χ4n) is 2.82. The van der Waals surface area contributed by atoms with Gasteiger partial charge in [-0.1, -0.05) is 60.7 Å². The smallest absolute Gasteiger partial charge is 0.257 e. The highest BCUT2D eigenvalue weighted by molar-refractivity contribution is 6.08. The van der Waals surface area contributed by atoms with Crippen molar-refractivity contribution >= 4 is 11.7 Å². The van der Waals surface area contributed by atoms with E-state index in [1.165, 1.54) is 0 Å². The zero-order valence-electron chi connectivity index (χ0n) is 16.8. The standard InChI is InChI=1S/C25H25NO4/c27-24(26-16-7-17-29-18-20-8-3-1-4-9-20)19-30-23-14-12-22(13-15-23)25(28)21-10-5-2-6-11-21/h1-6,8-15H,7,16-19H2,(H,26,27). The van der Waals surface area contributed by atoms with E-state index in [4.69, 9.17) is 9.47 Å². The molecule has 0 spiro atoms. The van der Waals surface area contributed by atoms with Crippen LogP contribution in [0.5, 0.6) is 5.75 Å². The Bertz CT molecular complexity index is 924. The van der Waals surface area contributed by atoms with Gasteiger partial charge in [0.05, 0.1) is 6.61 Å². The van der Waals surface area contributed by atoms with Gasteiger partial charge in [-0.15, -0.1) is 0 Å². The highest BCUT2D eigenvalue weighted by Crippen LogP contribution is 2.15. The molecule has 1 amide bonds. The second kappa shape index (κ2) is 11.5. The first-order chi connectivity index (χ1) is 14.7. The van der Waals surface area contributed by atoms with Crippen molar-refractivity contribution in [2.45, 2.75) is 13.0 Å². The molecule has 3 aromatic rings. The SMILES string of the molecule is O=C(COc1ccc(C(=O)c2ccccc2)cc1)NCCCOCc1ccccc1. The number of ether oxygens (including phenoxy) is 2. The van der Waals surface area contributed by atoms with Gasteiger partial charge in [0.15, 0.2) is 12.4 Å². The van der Waals surface area contributed by atoms with E-state index in [1.54, 1.807) is 36.4 Å². The van der Waals surface area contributed by atoms with Crippen molar-refractivity contribution in [3.8, 4) is 5.75 Å². The summed E-state index contributed by atoms with van der Waals surface area (Å²) in [6.07, 6.45) is 0.731. The summed E-state index contributed by atoms with van der Waals surface area (Å²) in [4.78, 5) is 24.3. The third kappa shape index (κ3) is 6.87. The lowest BCUT2D eigenvalue weighted by atomic mass is 10.0. The van der Waals surface area contributed by atoms with Crippen molar-refractivity contribution in [3.63, 3.8) is 0 Å². The van der Waals surface area contributed by atoms with Gasteiger partial charge in [-0.2, -0.15) is 0 Å². The van der Waals surface area contributed by atoms with Gasteiger partial charge < -0.3 is 14.8 Å². The van der Waals surface area contributed by atoms with E-state index < -0.39 is 0 Å².